The van der Waals surface area contributed by atoms with Gasteiger partial charge in [0, 0.05) is 12.1 Å². The van der Waals surface area contributed by atoms with Crippen LogP contribution in [0.3, 0.4) is 0 Å². The Morgan fingerprint density at radius 2 is 2.05 bits per heavy atom. The zero-order valence-electron chi connectivity index (χ0n) is 11.2. The first-order valence-corrected chi connectivity index (χ1v) is 7.93. The fourth-order valence-electron chi connectivity index (χ4n) is 1.92. The van der Waals surface area contributed by atoms with Crippen LogP contribution in [-0.2, 0) is 16.6 Å². The number of sulfonamides is 1. The highest BCUT2D eigenvalue weighted by molar-refractivity contribution is 7.89. The molecule has 1 aromatic carbocycles. The maximum atomic E-state index is 12.0. The Morgan fingerprint density at radius 3 is 2.65 bits per heavy atom. The van der Waals surface area contributed by atoms with Gasteiger partial charge in [-0.25, -0.2) is 13.1 Å². The van der Waals surface area contributed by atoms with Crippen molar-refractivity contribution in [1.82, 2.24) is 14.9 Å². The van der Waals surface area contributed by atoms with E-state index < -0.39 is 10.0 Å². The van der Waals surface area contributed by atoms with Gasteiger partial charge in [0.1, 0.15) is 5.82 Å². The molecule has 0 amide bonds. The number of nitrogens with zero attached hydrogens (tertiary/aromatic N) is 1. The van der Waals surface area contributed by atoms with Gasteiger partial charge in [0.05, 0.1) is 11.9 Å². The normalized spacial score (nSPS) is 13.2. The van der Waals surface area contributed by atoms with Crippen molar-refractivity contribution in [3.8, 4) is 0 Å². The number of anilines is 1. The smallest absolute Gasteiger partial charge is 0.212 e. The van der Waals surface area contributed by atoms with E-state index in [4.69, 9.17) is 5.73 Å². The molecule has 1 atom stereocenters. The molecule has 1 heterocycles. The van der Waals surface area contributed by atoms with Crippen LogP contribution in [0.4, 0.5) is 5.82 Å². The van der Waals surface area contributed by atoms with Crippen LogP contribution in [0, 0.1) is 0 Å². The predicted molar refractivity (Wildman–Crippen MR) is 78.5 cm³/mol. The number of nitrogen functional groups attached to an aromatic ring is 1. The first-order valence-electron chi connectivity index (χ1n) is 6.28. The Balaban J connectivity index is 1.96. The van der Waals surface area contributed by atoms with Gasteiger partial charge < -0.3 is 5.73 Å². The summed E-state index contributed by atoms with van der Waals surface area (Å²) in [4.78, 5) is 0. The summed E-state index contributed by atoms with van der Waals surface area (Å²) in [7, 11) is -3.37. The Kier molecular flexibility index (Phi) is 4.41. The molecule has 0 aliphatic carbocycles. The minimum Gasteiger partial charge on any atom is -0.384 e. The number of nitrogens with two attached hydrogens (primary N) is 1. The molecule has 108 valence electrons. The van der Waals surface area contributed by atoms with Crippen molar-refractivity contribution in [1.29, 1.82) is 0 Å². The molecule has 20 heavy (non-hydrogen) atoms. The summed E-state index contributed by atoms with van der Waals surface area (Å²) < 4.78 is 26.6. The third-order valence-electron chi connectivity index (χ3n) is 3.07. The van der Waals surface area contributed by atoms with Gasteiger partial charge in [-0.1, -0.05) is 37.3 Å². The van der Waals surface area contributed by atoms with E-state index in [1.54, 1.807) is 0 Å². The monoisotopic (exact) mass is 294 g/mol. The minimum absolute atomic E-state index is 0.0365. The Morgan fingerprint density at radius 1 is 1.35 bits per heavy atom. The second-order valence-electron chi connectivity index (χ2n) is 4.72. The van der Waals surface area contributed by atoms with Gasteiger partial charge in [0.25, 0.3) is 0 Å². The minimum atomic E-state index is -3.37. The van der Waals surface area contributed by atoms with Gasteiger partial charge in [0.15, 0.2) is 0 Å². The molecule has 0 spiro atoms. The number of hydrogen-bond acceptors (Lipinski definition) is 4. The fourth-order valence-corrected chi connectivity index (χ4v) is 3.26. The van der Waals surface area contributed by atoms with Gasteiger partial charge >= 0.3 is 0 Å². The van der Waals surface area contributed by atoms with E-state index in [1.807, 2.05) is 37.3 Å². The van der Waals surface area contributed by atoms with E-state index in [0.717, 1.165) is 5.56 Å². The quantitative estimate of drug-likeness (QED) is 0.745. The van der Waals surface area contributed by atoms with E-state index >= 15 is 0 Å². The standard InChI is InChI=1S/C13H18N4O2S/c1-10(11-5-3-2-4-6-11)9-20(18,19)16-8-12-7-15-17-13(12)14/h2-7,10,16H,8-9H2,1H3,(H3,14,15,17). The van der Waals surface area contributed by atoms with Crippen molar-refractivity contribution in [2.75, 3.05) is 11.5 Å². The van der Waals surface area contributed by atoms with Gasteiger partial charge in [-0.15, -0.1) is 0 Å². The van der Waals surface area contributed by atoms with Gasteiger partial charge in [0.2, 0.25) is 10.0 Å². The summed E-state index contributed by atoms with van der Waals surface area (Å²) in [5.41, 5.74) is 7.25. The Bertz CT molecular complexity index is 652. The molecule has 7 heteroatoms. The molecule has 0 saturated heterocycles. The van der Waals surface area contributed by atoms with Gasteiger partial charge in [-0.05, 0) is 11.5 Å². The maximum absolute atomic E-state index is 12.0. The molecule has 6 nitrogen and oxygen atoms in total. The van der Waals surface area contributed by atoms with E-state index in [0.29, 0.717) is 11.4 Å². The average Bonchev–Trinajstić information content (AvgIpc) is 2.83. The molecule has 0 aliphatic heterocycles. The van der Waals surface area contributed by atoms with E-state index in [2.05, 4.69) is 14.9 Å². The predicted octanol–water partition coefficient (Wildman–Crippen LogP) is 1.21. The van der Waals surface area contributed by atoms with Crippen LogP contribution in [0.15, 0.2) is 36.5 Å². The van der Waals surface area contributed by atoms with Crippen LogP contribution in [0.25, 0.3) is 0 Å². The first-order chi connectivity index (χ1) is 9.48. The lowest BCUT2D eigenvalue weighted by Gasteiger charge is -2.13. The average molecular weight is 294 g/mol. The number of aromatic amines is 1. The van der Waals surface area contributed by atoms with Crippen molar-refractivity contribution in [2.24, 2.45) is 0 Å². The third-order valence-corrected chi connectivity index (χ3v) is 4.59. The summed E-state index contributed by atoms with van der Waals surface area (Å²) in [6.45, 7) is 2.03. The number of rotatable bonds is 6. The molecule has 0 saturated carbocycles. The first kappa shape index (κ1) is 14.5. The highest BCUT2D eigenvalue weighted by Gasteiger charge is 2.17. The molecule has 4 N–H and O–H groups in total. The summed E-state index contributed by atoms with van der Waals surface area (Å²) in [5.74, 6) is 0.341. The molecule has 0 radical (unpaired) electrons. The second kappa shape index (κ2) is 6.06. The summed E-state index contributed by atoms with van der Waals surface area (Å²) in [5, 5.41) is 6.31. The topological polar surface area (TPSA) is 101 Å². The lowest BCUT2D eigenvalue weighted by atomic mass is 10.0. The van der Waals surface area contributed by atoms with Crippen LogP contribution >= 0.6 is 0 Å². The SMILES string of the molecule is CC(CS(=O)(=O)NCc1cn[nH]c1N)c1ccccc1. The van der Waals surface area contributed by atoms with Crippen molar-refractivity contribution in [3.05, 3.63) is 47.7 Å². The fraction of sp³-hybridized carbons (Fsp3) is 0.308. The largest absolute Gasteiger partial charge is 0.384 e. The molecule has 0 aliphatic rings. The van der Waals surface area contributed by atoms with Crippen LogP contribution in [-0.4, -0.2) is 24.4 Å². The molecule has 2 aromatic rings. The number of H-pyrrole nitrogens is 1. The van der Waals surface area contributed by atoms with Crippen molar-refractivity contribution in [3.63, 3.8) is 0 Å². The van der Waals surface area contributed by atoms with Crippen molar-refractivity contribution in [2.45, 2.75) is 19.4 Å². The molecular formula is C13H18N4O2S. The second-order valence-corrected chi connectivity index (χ2v) is 6.57. The van der Waals surface area contributed by atoms with Crippen molar-refractivity contribution < 1.29 is 8.42 Å². The number of hydrogen-bond donors (Lipinski definition) is 3. The molecule has 1 aromatic heterocycles. The molecular weight excluding hydrogens is 276 g/mol. The molecule has 1 unspecified atom stereocenters. The number of benzene rings is 1. The maximum Gasteiger partial charge on any atom is 0.212 e. The summed E-state index contributed by atoms with van der Waals surface area (Å²) >= 11 is 0. The van der Waals surface area contributed by atoms with Crippen molar-refractivity contribution >= 4 is 15.8 Å². The third kappa shape index (κ3) is 3.82. The number of nitrogens with one attached hydrogen (secondary N) is 2. The van der Waals surface area contributed by atoms with E-state index in [9.17, 15) is 8.42 Å². The van der Waals surface area contributed by atoms with E-state index in [-0.39, 0.29) is 18.2 Å². The van der Waals surface area contributed by atoms with Crippen LogP contribution in [0.5, 0.6) is 0 Å². The highest BCUT2D eigenvalue weighted by atomic mass is 32.2. The highest BCUT2D eigenvalue weighted by Crippen LogP contribution is 2.16. The lowest BCUT2D eigenvalue weighted by Crippen LogP contribution is -2.28. The van der Waals surface area contributed by atoms with Gasteiger partial charge in [-0.3, -0.25) is 5.10 Å². The zero-order valence-corrected chi connectivity index (χ0v) is 12.0. The lowest BCUT2D eigenvalue weighted by molar-refractivity contribution is 0.576. The number of aromatic nitrogens is 2. The van der Waals surface area contributed by atoms with Gasteiger partial charge in [-0.2, -0.15) is 5.10 Å². The Labute approximate surface area is 118 Å². The molecule has 2 rings (SSSR count). The van der Waals surface area contributed by atoms with E-state index in [1.165, 1.54) is 6.20 Å². The molecule has 0 fully saturated rings. The van der Waals surface area contributed by atoms with Crippen LogP contribution < -0.4 is 10.5 Å². The van der Waals surface area contributed by atoms with Crippen LogP contribution in [0.1, 0.15) is 24.0 Å². The summed E-state index contributed by atoms with van der Waals surface area (Å²) in [6, 6.07) is 9.56. The molecule has 0 bridgehead atoms. The Hall–Kier alpha value is -1.86. The zero-order chi connectivity index (χ0) is 14.6. The summed E-state index contributed by atoms with van der Waals surface area (Å²) in [6.07, 6.45) is 1.51. The van der Waals surface area contributed by atoms with Crippen LogP contribution in [0.2, 0.25) is 0 Å².